The second-order valence-electron chi connectivity index (χ2n) is 4.02. The Morgan fingerprint density at radius 2 is 1.41 bits per heavy atom. The second kappa shape index (κ2) is 5.88. The third-order valence-electron chi connectivity index (χ3n) is 1.13. The number of nitrogens with zero attached hydrogens (tertiary/aromatic N) is 2. The van der Waals surface area contributed by atoms with Gasteiger partial charge in [0.2, 0.25) is 5.39 Å². The van der Waals surface area contributed by atoms with E-state index in [2.05, 4.69) is 4.98 Å². The molecule has 0 saturated carbocycles. The van der Waals surface area contributed by atoms with Gasteiger partial charge in [0.05, 0.1) is 7.11 Å². The summed E-state index contributed by atoms with van der Waals surface area (Å²) in [6, 6.07) is 0. The molecule has 0 spiro atoms. The Balaban J connectivity index is 0. The maximum atomic E-state index is 8.20. The molecule has 0 radical (unpaired) electrons. The molecule has 0 aromatic carbocycles. The SMILES string of the molecule is CO/C(=C\[N+]#N)C(C)(C)C.[Cl][Sb-]([Cl])([Cl])([Cl])([Cl])[Cl]. The third kappa shape index (κ3) is 26.9. The van der Waals surface area contributed by atoms with Crippen molar-refractivity contribution >= 4 is 62.1 Å². The van der Waals surface area contributed by atoms with Gasteiger partial charge in [0.1, 0.15) is 0 Å². The summed E-state index contributed by atoms with van der Waals surface area (Å²) in [5.41, 5.74) is -0.0962. The Hall–Kier alpha value is 1.52. The summed E-state index contributed by atoms with van der Waals surface area (Å²) in [5.74, 6) is 0.662. The van der Waals surface area contributed by atoms with E-state index in [-0.39, 0.29) is 5.41 Å². The molecule has 104 valence electrons. The standard InChI is InChI=1S/C7H13N2O.6ClH.Sb/c1-7(2,3)6(10-4)5-9-8;;;;;;;/h5H,1-4H3;6*1H;/q+1;;;;;;;+5/p-6/b6-5-;;;;;;;. The zero-order valence-corrected chi connectivity index (χ0v) is 16.7. The number of halogens is 6. The van der Waals surface area contributed by atoms with Gasteiger partial charge in [-0.2, -0.15) is 0 Å². The van der Waals surface area contributed by atoms with E-state index in [9.17, 15) is 0 Å². The number of diazo groups is 1. The molecule has 0 atom stereocenters. The maximum absolute atomic E-state index is 8.20. The van der Waals surface area contributed by atoms with E-state index in [4.69, 9.17) is 63.1 Å². The normalized spacial score (nSPS) is 16.9. The molecular weight excluding hydrogens is 463 g/mol. The van der Waals surface area contributed by atoms with Crippen molar-refractivity contribution in [1.29, 1.82) is 5.39 Å². The van der Waals surface area contributed by atoms with Crippen LogP contribution in [-0.2, 0) is 4.74 Å². The zero-order valence-electron chi connectivity index (χ0n) is 9.60. The summed E-state index contributed by atoms with van der Waals surface area (Å²) in [6.07, 6.45) is 1.31. The predicted octanol–water partition coefficient (Wildman–Crippen LogP) is 6.13. The first kappa shape index (κ1) is 20.8. The average Bonchev–Trinajstić information content (AvgIpc) is 1.91. The minimum absolute atomic E-state index is 0.0962. The molecule has 0 saturated heterocycles. The first-order valence-electron chi connectivity index (χ1n) is 4.12. The van der Waals surface area contributed by atoms with Crippen molar-refractivity contribution in [2.75, 3.05) is 7.11 Å². The fourth-order valence-corrected chi connectivity index (χ4v) is 0.605. The number of hydrogen-bond donors (Lipinski definition) is 0. The van der Waals surface area contributed by atoms with Gasteiger partial charge in [0.25, 0.3) is 0 Å². The predicted molar refractivity (Wildman–Crippen MR) is 80.5 cm³/mol. The van der Waals surface area contributed by atoms with Gasteiger partial charge in [-0.15, -0.1) is 0 Å². The third-order valence-corrected chi connectivity index (χ3v) is 1.13. The van der Waals surface area contributed by atoms with Crippen molar-refractivity contribution in [2.24, 2.45) is 5.41 Å². The summed E-state index contributed by atoms with van der Waals surface area (Å²) in [5, 5.41) is 8.20. The molecule has 0 aliphatic heterocycles. The molecule has 10 heteroatoms. The van der Waals surface area contributed by atoms with E-state index in [1.165, 1.54) is 6.20 Å². The summed E-state index contributed by atoms with van der Waals surface area (Å²) in [7, 11) is 26.5. The number of rotatable bonds is 1. The van der Waals surface area contributed by atoms with Crippen LogP contribution in [0.5, 0.6) is 0 Å². The van der Waals surface area contributed by atoms with Crippen LogP contribution in [0.15, 0.2) is 12.0 Å². The number of methoxy groups -OCH3 is 1. The molecule has 0 unspecified atom stereocenters. The number of ether oxygens (including phenoxy) is 1. The molecule has 0 aliphatic rings. The summed E-state index contributed by atoms with van der Waals surface area (Å²) in [4.78, 5) is 2.89. The minimum atomic E-state index is -5.42. The van der Waals surface area contributed by atoms with Gasteiger partial charge in [0, 0.05) is 5.41 Å². The van der Waals surface area contributed by atoms with Crippen LogP contribution in [-0.4, -0.2) is 16.2 Å². The van der Waals surface area contributed by atoms with Crippen LogP contribution in [0.3, 0.4) is 0 Å². The van der Waals surface area contributed by atoms with Crippen molar-refractivity contribution < 1.29 is 4.74 Å². The van der Waals surface area contributed by atoms with Crippen molar-refractivity contribution in [1.82, 2.24) is 0 Å². The molecule has 0 aliphatic carbocycles. The molecule has 3 nitrogen and oxygen atoms in total. The zero-order chi connectivity index (χ0) is 14.6. The molecule has 0 rings (SSSR count). The second-order valence-corrected chi connectivity index (χ2v) is 60.9. The molecule has 17 heavy (non-hydrogen) atoms. The topological polar surface area (TPSA) is 37.4 Å². The van der Waals surface area contributed by atoms with Gasteiger partial charge >= 0.3 is 68.3 Å². The first-order valence-corrected chi connectivity index (χ1v) is 23.5. The first-order chi connectivity index (χ1) is 6.97. The van der Waals surface area contributed by atoms with Gasteiger partial charge in [-0.1, -0.05) is 20.8 Å². The van der Waals surface area contributed by atoms with Crippen molar-refractivity contribution in [3.05, 3.63) is 16.9 Å². The Kier molecular flexibility index (Phi) is 7.20. The van der Waals surface area contributed by atoms with Gasteiger partial charge < -0.3 is 4.74 Å². The van der Waals surface area contributed by atoms with Crippen LogP contribution in [0.4, 0.5) is 0 Å². The van der Waals surface area contributed by atoms with E-state index in [1.807, 2.05) is 20.8 Å². The van der Waals surface area contributed by atoms with Gasteiger partial charge in [-0.3, -0.25) is 0 Å². The van der Waals surface area contributed by atoms with Gasteiger partial charge in [-0.05, 0) is 0 Å². The summed E-state index contributed by atoms with van der Waals surface area (Å²) >= 11 is 0. The number of hydrogen-bond acceptors (Lipinski definition) is 2. The quantitative estimate of drug-likeness (QED) is 0.260. The Morgan fingerprint density at radius 3 is 1.47 bits per heavy atom. The van der Waals surface area contributed by atoms with E-state index >= 15 is 0 Å². The summed E-state index contributed by atoms with van der Waals surface area (Å²) in [6.45, 7) is 5.94. The van der Waals surface area contributed by atoms with Crippen LogP contribution < -0.4 is 0 Å². The molecule has 0 N–H and O–H groups in total. The molecule has 0 bridgehead atoms. The van der Waals surface area contributed by atoms with Crippen molar-refractivity contribution in [3.8, 4) is 0 Å². The van der Waals surface area contributed by atoms with Gasteiger partial charge in [0.15, 0.2) is 10.7 Å². The fraction of sp³-hybridized carbons (Fsp3) is 0.714. The molecule has 0 aromatic rings. The van der Waals surface area contributed by atoms with E-state index in [0.717, 1.165) is 0 Å². The fourth-order valence-electron chi connectivity index (χ4n) is 0.605. The Labute approximate surface area is 121 Å². The van der Waals surface area contributed by atoms with Crippen LogP contribution in [0, 0.1) is 10.8 Å². The molecule has 0 fully saturated rings. The van der Waals surface area contributed by atoms with Crippen molar-refractivity contribution in [3.63, 3.8) is 0 Å². The van der Waals surface area contributed by atoms with Crippen LogP contribution >= 0.6 is 53.0 Å². The Morgan fingerprint density at radius 1 is 1.12 bits per heavy atom. The van der Waals surface area contributed by atoms with Gasteiger partial charge in [-0.25, -0.2) is 0 Å². The molecular formula is C7H13Cl6N2OSb. The Bertz CT molecular complexity index is 321. The molecule has 0 amide bonds. The summed E-state index contributed by atoms with van der Waals surface area (Å²) < 4.78 is 4.96. The number of allylic oxidation sites excluding steroid dienone is 1. The van der Waals surface area contributed by atoms with Crippen LogP contribution in [0.2, 0.25) is 0 Å². The van der Waals surface area contributed by atoms with Crippen molar-refractivity contribution in [2.45, 2.75) is 20.8 Å². The van der Waals surface area contributed by atoms with Crippen LogP contribution in [0.1, 0.15) is 20.8 Å². The molecule has 0 heterocycles. The van der Waals surface area contributed by atoms with Crippen LogP contribution in [0.25, 0.3) is 4.98 Å². The van der Waals surface area contributed by atoms with E-state index in [1.54, 1.807) is 7.11 Å². The van der Waals surface area contributed by atoms with E-state index < -0.39 is 9.14 Å². The molecule has 0 aromatic heterocycles. The monoisotopic (exact) mass is 472 g/mol. The average molecular weight is 476 g/mol. The van der Waals surface area contributed by atoms with E-state index in [0.29, 0.717) is 5.76 Å².